The number of nitrogens with one attached hydrogen (secondary N) is 1. The zero-order chi connectivity index (χ0) is 55.8. The standard InChI is InChI=1S/C56H88N2O17/c1-33-16-12-11-13-17-34(2)45(70-8)28-41-21-19-39(7)56(69,75-41)51(65)52(66)58-23-15-14-18-42(58)53(67)73-46(29-43(62)35(3)25-38(6)49(64)50(72-10)48(63)37(5)24-33)36(4)26-40-20-22-44(47(27-40)71-9)74-54(68)57-55(30-59,31-60)32-61/h11-13,16-17,25,33,35-37,39-42,44-47,49-50,59-61,64,69H,14-15,18-24,26-32H2,1-10H3,(H,57,68)/b13-11+,16-12+,34-17+,38-25+/t33-,35-,36-,37-,39-,40+,41+,42+,44-,45+,46+,47-,49-,50+,56-/m1/s1. The van der Waals surface area contributed by atoms with E-state index in [1.807, 2.05) is 51.2 Å². The first-order valence-corrected chi connectivity index (χ1v) is 26.8. The number of ketones is 3. The van der Waals surface area contributed by atoms with Crippen LogP contribution in [0, 0.1) is 35.5 Å². The van der Waals surface area contributed by atoms with Gasteiger partial charge < -0.3 is 64.2 Å². The first kappa shape index (κ1) is 63.4. The van der Waals surface area contributed by atoms with E-state index in [1.54, 1.807) is 40.9 Å². The molecule has 2 amide bonds. The maximum absolute atomic E-state index is 14.6. The summed E-state index contributed by atoms with van der Waals surface area (Å²) in [6.45, 7) is 10.3. The number of carbonyl (C=O) groups is 6. The van der Waals surface area contributed by atoms with Crippen molar-refractivity contribution in [3.05, 3.63) is 47.6 Å². The lowest BCUT2D eigenvalue weighted by atomic mass is 9.78. The number of amides is 2. The third kappa shape index (κ3) is 16.9. The van der Waals surface area contributed by atoms with Crippen LogP contribution in [0.15, 0.2) is 47.6 Å². The third-order valence-corrected chi connectivity index (χ3v) is 16.0. The maximum Gasteiger partial charge on any atom is 0.408 e. The summed E-state index contributed by atoms with van der Waals surface area (Å²) in [6, 6.07) is -1.22. The van der Waals surface area contributed by atoms with Crippen LogP contribution in [0.4, 0.5) is 4.79 Å². The average molecular weight is 1060 g/mol. The van der Waals surface area contributed by atoms with Crippen LogP contribution in [-0.2, 0) is 52.4 Å². The molecule has 19 nitrogen and oxygen atoms in total. The number of esters is 1. The van der Waals surface area contributed by atoms with E-state index in [4.69, 9.17) is 28.4 Å². The largest absolute Gasteiger partial charge is 0.460 e. The first-order chi connectivity index (χ1) is 35.5. The fraction of sp³-hybridized carbons (Fsp3) is 0.750. The summed E-state index contributed by atoms with van der Waals surface area (Å²) in [7, 11) is 4.38. The Labute approximate surface area is 443 Å². The summed E-state index contributed by atoms with van der Waals surface area (Å²) in [5, 5.41) is 55.0. The van der Waals surface area contributed by atoms with Crippen molar-refractivity contribution in [2.24, 2.45) is 35.5 Å². The van der Waals surface area contributed by atoms with Crippen LogP contribution in [0.3, 0.4) is 0 Å². The molecule has 6 N–H and O–H groups in total. The number of piperidine rings is 1. The van der Waals surface area contributed by atoms with E-state index in [1.165, 1.54) is 14.2 Å². The molecule has 3 heterocycles. The van der Waals surface area contributed by atoms with Gasteiger partial charge in [-0.05, 0) is 107 Å². The first-order valence-electron chi connectivity index (χ1n) is 26.8. The van der Waals surface area contributed by atoms with E-state index in [0.29, 0.717) is 63.4 Å². The van der Waals surface area contributed by atoms with Crippen LogP contribution in [0.5, 0.6) is 0 Å². The number of cyclic esters (lactones) is 1. The van der Waals surface area contributed by atoms with Crippen molar-refractivity contribution in [2.45, 2.75) is 186 Å². The monoisotopic (exact) mass is 1060 g/mol. The molecule has 3 aliphatic heterocycles. The molecule has 2 saturated heterocycles. The predicted molar refractivity (Wildman–Crippen MR) is 277 cm³/mol. The Morgan fingerprint density at radius 3 is 2.19 bits per heavy atom. The predicted octanol–water partition coefficient (Wildman–Crippen LogP) is 4.63. The van der Waals surface area contributed by atoms with Crippen LogP contribution in [0.25, 0.3) is 0 Å². The average Bonchev–Trinajstić information content (AvgIpc) is 3.39. The zero-order valence-electron chi connectivity index (χ0n) is 45.9. The Bertz CT molecular complexity index is 2040. The fourth-order valence-corrected chi connectivity index (χ4v) is 10.9. The molecule has 1 saturated carbocycles. The van der Waals surface area contributed by atoms with Gasteiger partial charge in [-0.15, -0.1) is 0 Å². The lowest BCUT2D eigenvalue weighted by Crippen LogP contribution is -2.61. The van der Waals surface area contributed by atoms with Crippen LogP contribution >= 0.6 is 0 Å². The van der Waals surface area contributed by atoms with Crippen molar-refractivity contribution < 1.29 is 82.7 Å². The molecule has 0 radical (unpaired) electrons. The molecular weight excluding hydrogens is 973 g/mol. The van der Waals surface area contributed by atoms with Gasteiger partial charge in [-0.25, -0.2) is 9.59 Å². The van der Waals surface area contributed by atoms with Gasteiger partial charge in [0.2, 0.25) is 5.79 Å². The number of rotatable bonds is 11. The fourth-order valence-electron chi connectivity index (χ4n) is 10.9. The third-order valence-electron chi connectivity index (χ3n) is 16.0. The van der Waals surface area contributed by atoms with E-state index in [9.17, 15) is 54.3 Å². The van der Waals surface area contributed by atoms with Crippen molar-refractivity contribution in [1.82, 2.24) is 10.2 Å². The van der Waals surface area contributed by atoms with Crippen LogP contribution < -0.4 is 5.32 Å². The number of methoxy groups -OCH3 is 3. The van der Waals surface area contributed by atoms with Crippen molar-refractivity contribution in [2.75, 3.05) is 47.7 Å². The summed E-state index contributed by atoms with van der Waals surface area (Å²) >= 11 is 0. The van der Waals surface area contributed by atoms with Crippen LogP contribution in [0.1, 0.15) is 126 Å². The number of ether oxygens (including phenoxy) is 6. The van der Waals surface area contributed by atoms with E-state index >= 15 is 0 Å². The summed E-state index contributed by atoms with van der Waals surface area (Å²) in [4.78, 5) is 85.3. The number of aliphatic hydroxyl groups excluding tert-OH is 4. The van der Waals surface area contributed by atoms with Gasteiger partial charge in [-0.3, -0.25) is 19.2 Å². The highest BCUT2D eigenvalue weighted by molar-refractivity contribution is 6.39. The number of carbonyl (C=O) groups excluding carboxylic acids is 6. The highest BCUT2D eigenvalue weighted by Crippen LogP contribution is 2.38. The molecule has 2 bridgehead atoms. The van der Waals surface area contributed by atoms with Crippen molar-refractivity contribution in [3.63, 3.8) is 0 Å². The van der Waals surface area contributed by atoms with E-state index < -0.39 is 127 Å². The molecule has 0 aromatic carbocycles. The molecular formula is C56H88N2O17. The van der Waals surface area contributed by atoms with Gasteiger partial charge in [-0.2, -0.15) is 0 Å². The Balaban J connectivity index is 1.68. The van der Waals surface area contributed by atoms with Gasteiger partial charge in [0.25, 0.3) is 11.7 Å². The van der Waals surface area contributed by atoms with Gasteiger partial charge in [0.15, 0.2) is 5.78 Å². The quantitative estimate of drug-likeness (QED) is 0.0935. The molecule has 0 aromatic rings. The molecule has 19 heteroatoms. The molecule has 0 spiro atoms. The number of Topliss-reactive ketones (excluding diaryl/α,β-unsaturated/α-hetero) is 3. The minimum atomic E-state index is -2.48. The topological polar surface area (TPSA) is 274 Å². The Kier molecular flexibility index (Phi) is 24.9. The molecule has 4 rings (SSSR count). The Morgan fingerprint density at radius 1 is 0.853 bits per heavy atom. The second-order valence-corrected chi connectivity index (χ2v) is 21.8. The number of alkyl carbamates (subject to hydrolysis) is 1. The second-order valence-electron chi connectivity index (χ2n) is 21.8. The van der Waals surface area contributed by atoms with Crippen LogP contribution in [0.2, 0.25) is 0 Å². The summed E-state index contributed by atoms with van der Waals surface area (Å²) in [6.07, 6.45) is 8.29. The number of nitrogens with zero attached hydrogens (tertiary/aromatic N) is 1. The number of hydrogen-bond donors (Lipinski definition) is 6. The molecule has 424 valence electrons. The summed E-state index contributed by atoms with van der Waals surface area (Å²) in [5.41, 5.74) is -0.502. The molecule has 0 aromatic heterocycles. The van der Waals surface area contributed by atoms with Gasteiger partial charge in [-0.1, -0.05) is 71.1 Å². The highest BCUT2D eigenvalue weighted by Gasteiger charge is 2.53. The Hall–Kier alpha value is -4.18. The Morgan fingerprint density at radius 2 is 1.55 bits per heavy atom. The molecule has 3 fully saturated rings. The smallest absolute Gasteiger partial charge is 0.408 e. The summed E-state index contributed by atoms with van der Waals surface area (Å²) in [5.74, 6) is -8.82. The van der Waals surface area contributed by atoms with Gasteiger partial charge in [0.1, 0.15) is 41.8 Å². The van der Waals surface area contributed by atoms with E-state index in [-0.39, 0.29) is 49.2 Å². The molecule has 0 unspecified atom stereocenters. The maximum atomic E-state index is 14.6. The molecule has 75 heavy (non-hydrogen) atoms. The molecule has 1 aliphatic carbocycles. The number of fused-ring (bicyclic) bond motifs is 3. The summed E-state index contributed by atoms with van der Waals surface area (Å²) < 4.78 is 35.3. The molecule has 4 aliphatic rings. The van der Waals surface area contributed by atoms with Crippen molar-refractivity contribution in [3.8, 4) is 0 Å². The number of aliphatic hydroxyl groups is 5. The zero-order valence-corrected chi connectivity index (χ0v) is 45.9. The lowest BCUT2D eigenvalue weighted by Gasteiger charge is -2.42. The SMILES string of the molecule is CO[C@H]1C[C@@H]2CC[C@@H](C)[C@@](O)(O2)C(=O)C(=O)N2CCCC[C@H]2C(=O)O[C@H]([C@H](C)C[C@@H]2CC[C@@H](OC(=O)NC(CO)(CO)CO)[C@H](OC)C2)CC(=O)[C@H](C)/C=C(\C)[C@@H](O)[C@@H](OC)C(=O)[C@H](C)C[C@H](C)/C=C/C=C/C=C/1C. The number of hydrogen-bond acceptors (Lipinski definition) is 17. The second kappa shape index (κ2) is 29.5. The lowest BCUT2D eigenvalue weighted by molar-refractivity contribution is -0.265. The minimum absolute atomic E-state index is 0.0152. The normalized spacial score (nSPS) is 36.7. The van der Waals surface area contributed by atoms with Crippen LogP contribution in [-0.4, -0.2) is 174 Å². The van der Waals surface area contributed by atoms with Gasteiger partial charge >= 0.3 is 12.1 Å². The molecule has 15 atom stereocenters. The number of allylic oxidation sites excluding steroid dienone is 6. The van der Waals surface area contributed by atoms with Gasteiger partial charge in [0, 0.05) is 58.5 Å². The minimum Gasteiger partial charge on any atom is -0.460 e. The van der Waals surface area contributed by atoms with Crippen molar-refractivity contribution in [1.29, 1.82) is 0 Å². The van der Waals surface area contributed by atoms with Crippen molar-refractivity contribution >= 4 is 35.3 Å². The highest BCUT2D eigenvalue weighted by atomic mass is 16.6. The van der Waals surface area contributed by atoms with E-state index in [0.717, 1.165) is 10.5 Å². The van der Waals surface area contributed by atoms with E-state index in [2.05, 4.69) is 5.32 Å². The van der Waals surface area contributed by atoms with Gasteiger partial charge in [0.05, 0.1) is 38.1 Å².